The highest BCUT2D eigenvalue weighted by molar-refractivity contribution is 6.03. The Morgan fingerprint density at radius 3 is 2.87 bits per heavy atom. The summed E-state index contributed by atoms with van der Waals surface area (Å²) in [6.07, 6.45) is 9.68. The van der Waals surface area contributed by atoms with Gasteiger partial charge in [-0.1, -0.05) is 24.3 Å². The van der Waals surface area contributed by atoms with E-state index in [1.165, 1.54) is 0 Å². The SMILES string of the molecule is N=C1C(c2ccnc(C(N)=O)c2)C=CCN1c1cccc(-c2nncn2C2CC2)c1. The van der Waals surface area contributed by atoms with Crippen LogP contribution in [0, 0.1) is 5.41 Å². The molecule has 1 atom stereocenters. The molecule has 0 saturated heterocycles. The third-order valence-electron chi connectivity index (χ3n) is 5.53. The summed E-state index contributed by atoms with van der Waals surface area (Å²) in [6, 6.07) is 12.0. The van der Waals surface area contributed by atoms with Crippen LogP contribution in [0.15, 0.2) is 61.1 Å². The number of rotatable bonds is 5. The number of amides is 1. The molecule has 2 aromatic heterocycles. The average Bonchev–Trinajstić information content (AvgIpc) is 3.50. The summed E-state index contributed by atoms with van der Waals surface area (Å²) in [7, 11) is 0. The number of nitrogens with two attached hydrogens (primary N) is 1. The van der Waals surface area contributed by atoms with Crippen molar-refractivity contribution in [2.45, 2.75) is 24.8 Å². The second-order valence-electron chi connectivity index (χ2n) is 7.58. The Balaban J connectivity index is 1.46. The third-order valence-corrected chi connectivity index (χ3v) is 5.53. The number of nitrogens with zero attached hydrogens (tertiary/aromatic N) is 5. The Morgan fingerprint density at radius 2 is 2.07 bits per heavy atom. The minimum Gasteiger partial charge on any atom is -0.364 e. The minimum atomic E-state index is -0.576. The molecule has 1 saturated carbocycles. The second kappa shape index (κ2) is 7.22. The van der Waals surface area contributed by atoms with Gasteiger partial charge in [-0.2, -0.15) is 0 Å². The number of pyridine rings is 1. The number of amidine groups is 1. The van der Waals surface area contributed by atoms with Gasteiger partial charge in [0.05, 0.1) is 5.92 Å². The van der Waals surface area contributed by atoms with E-state index in [-0.39, 0.29) is 11.6 Å². The number of carbonyl (C=O) groups is 1. The van der Waals surface area contributed by atoms with E-state index in [4.69, 9.17) is 11.1 Å². The van der Waals surface area contributed by atoms with Gasteiger partial charge in [0.1, 0.15) is 17.9 Å². The Bertz CT molecular complexity index is 1160. The fourth-order valence-electron chi connectivity index (χ4n) is 3.83. The standard InChI is InChI=1S/C22H21N7O/c23-20-18(14-8-9-25-19(12-14)21(24)30)5-2-10-28(20)17-4-1-3-15(11-17)22-27-26-13-29(22)16-6-7-16/h1-5,8-9,11-13,16,18,23H,6-7,10H2,(H2,24,30). The molecule has 8 nitrogen and oxygen atoms in total. The van der Waals surface area contributed by atoms with Gasteiger partial charge < -0.3 is 15.2 Å². The lowest BCUT2D eigenvalue weighted by molar-refractivity contribution is 0.0995. The molecule has 30 heavy (non-hydrogen) atoms. The predicted molar refractivity (Wildman–Crippen MR) is 113 cm³/mol. The van der Waals surface area contributed by atoms with Crippen molar-refractivity contribution in [3.63, 3.8) is 0 Å². The first kappa shape index (κ1) is 18.2. The fraction of sp³-hybridized carbons (Fsp3) is 0.227. The molecule has 5 rings (SSSR count). The summed E-state index contributed by atoms with van der Waals surface area (Å²) < 4.78 is 2.13. The normalized spacial score (nSPS) is 18.6. The van der Waals surface area contributed by atoms with Gasteiger partial charge in [-0.15, -0.1) is 10.2 Å². The Morgan fingerprint density at radius 1 is 1.20 bits per heavy atom. The Hall–Kier alpha value is -3.81. The smallest absolute Gasteiger partial charge is 0.267 e. The van der Waals surface area contributed by atoms with E-state index in [0.29, 0.717) is 18.4 Å². The second-order valence-corrected chi connectivity index (χ2v) is 7.58. The van der Waals surface area contributed by atoms with Gasteiger partial charge in [0.25, 0.3) is 5.91 Å². The van der Waals surface area contributed by atoms with Gasteiger partial charge in [0.2, 0.25) is 0 Å². The van der Waals surface area contributed by atoms with Crippen molar-refractivity contribution in [2.75, 3.05) is 11.4 Å². The summed E-state index contributed by atoms with van der Waals surface area (Å²) in [4.78, 5) is 17.5. The van der Waals surface area contributed by atoms with Gasteiger partial charge in [-0.3, -0.25) is 15.2 Å². The molecule has 3 heterocycles. The van der Waals surface area contributed by atoms with Crippen LogP contribution in [-0.2, 0) is 0 Å². The van der Waals surface area contributed by atoms with E-state index in [2.05, 4.69) is 25.8 Å². The maximum Gasteiger partial charge on any atom is 0.267 e. The van der Waals surface area contributed by atoms with Crippen LogP contribution in [0.3, 0.4) is 0 Å². The maximum absolute atomic E-state index is 11.5. The largest absolute Gasteiger partial charge is 0.364 e. The quantitative estimate of drug-likeness (QED) is 0.640. The monoisotopic (exact) mass is 399 g/mol. The number of hydrogen-bond acceptors (Lipinski definition) is 5. The topological polar surface area (TPSA) is 114 Å². The number of nitrogens with one attached hydrogen (secondary N) is 1. The third kappa shape index (κ3) is 3.26. The first-order valence-electron chi connectivity index (χ1n) is 9.90. The Labute approximate surface area is 173 Å². The van der Waals surface area contributed by atoms with Crippen molar-refractivity contribution < 1.29 is 4.79 Å². The molecular weight excluding hydrogens is 378 g/mol. The van der Waals surface area contributed by atoms with Crippen LogP contribution in [0.4, 0.5) is 5.69 Å². The summed E-state index contributed by atoms with van der Waals surface area (Å²) in [5.74, 6) is 0.432. The molecule has 3 aromatic rings. The van der Waals surface area contributed by atoms with Gasteiger partial charge in [0, 0.05) is 30.0 Å². The number of hydrogen-bond donors (Lipinski definition) is 2. The molecule has 3 N–H and O–H groups in total. The number of anilines is 1. The van der Waals surface area contributed by atoms with Gasteiger partial charge in [-0.05, 0) is 42.7 Å². The van der Waals surface area contributed by atoms with Gasteiger partial charge in [0.15, 0.2) is 5.82 Å². The summed E-state index contributed by atoms with van der Waals surface area (Å²) in [5.41, 5.74) is 8.28. The van der Waals surface area contributed by atoms with Gasteiger partial charge in [-0.25, -0.2) is 0 Å². The molecule has 150 valence electrons. The highest BCUT2D eigenvalue weighted by atomic mass is 16.1. The number of aromatic nitrogens is 4. The highest BCUT2D eigenvalue weighted by Crippen LogP contribution is 2.38. The molecule has 1 aromatic carbocycles. The molecule has 1 fully saturated rings. The molecule has 1 aliphatic carbocycles. The summed E-state index contributed by atoms with van der Waals surface area (Å²) >= 11 is 0. The molecule has 8 heteroatoms. The zero-order valence-corrected chi connectivity index (χ0v) is 16.3. The highest BCUT2D eigenvalue weighted by Gasteiger charge is 2.28. The zero-order chi connectivity index (χ0) is 20.7. The van der Waals surface area contributed by atoms with Crippen LogP contribution in [0.5, 0.6) is 0 Å². The van der Waals surface area contributed by atoms with Crippen molar-refractivity contribution >= 4 is 17.4 Å². The lowest BCUT2D eigenvalue weighted by Gasteiger charge is -2.32. The number of carbonyl (C=O) groups excluding carboxylic acids is 1. The zero-order valence-electron chi connectivity index (χ0n) is 16.3. The van der Waals surface area contributed by atoms with Crippen LogP contribution in [0.1, 0.15) is 40.9 Å². The van der Waals surface area contributed by atoms with E-state index in [0.717, 1.165) is 35.5 Å². The van der Waals surface area contributed by atoms with Crippen LogP contribution >= 0.6 is 0 Å². The summed E-state index contributed by atoms with van der Waals surface area (Å²) in [5, 5.41) is 17.2. The van der Waals surface area contributed by atoms with Crippen molar-refractivity contribution in [3.05, 3.63) is 72.3 Å². The maximum atomic E-state index is 11.5. The molecule has 0 bridgehead atoms. The first-order valence-corrected chi connectivity index (χ1v) is 9.90. The molecule has 1 amide bonds. The average molecular weight is 399 g/mol. The van der Waals surface area contributed by atoms with Gasteiger partial charge >= 0.3 is 0 Å². The molecule has 0 spiro atoms. The number of benzene rings is 1. The lowest BCUT2D eigenvalue weighted by Crippen LogP contribution is -2.37. The Kier molecular flexibility index (Phi) is 4.39. The van der Waals surface area contributed by atoms with Crippen molar-refractivity contribution in [3.8, 4) is 11.4 Å². The van der Waals surface area contributed by atoms with Crippen LogP contribution in [0.2, 0.25) is 0 Å². The predicted octanol–water partition coefficient (Wildman–Crippen LogP) is 2.91. The minimum absolute atomic E-state index is 0.201. The lowest BCUT2D eigenvalue weighted by atomic mass is 9.94. The fourth-order valence-corrected chi connectivity index (χ4v) is 3.83. The van der Waals surface area contributed by atoms with Crippen LogP contribution < -0.4 is 10.6 Å². The van der Waals surface area contributed by atoms with Crippen molar-refractivity contribution in [2.24, 2.45) is 5.73 Å². The number of primary amides is 1. The molecular formula is C22H21N7O. The molecule has 1 aliphatic heterocycles. The van der Waals surface area contributed by atoms with E-state index in [9.17, 15) is 4.79 Å². The van der Waals surface area contributed by atoms with Crippen molar-refractivity contribution in [1.82, 2.24) is 19.7 Å². The van der Waals surface area contributed by atoms with E-state index < -0.39 is 5.91 Å². The van der Waals surface area contributed by atoms with E-state index in [1.54, 1.807) is 18.6 Å². The molecule has 2 aliphatic rings. The first-order chi connectivity index (χ1) is 14.6. The van der Waals surface area contributed by atoms with Crippen LogP contribution in [-0.4, -0.2) is 38.0 Å². The molecule has 0 radical (unpaired) electrons. The van der Waals surface area contributed by atoms with E-state index in [1.807, 2.05) is 41.3 Å². The van der Waals surface area contributed by atoms with Crippen molar-refractivity contribution in [1.29, 1.82) is 5.41 Å². The molecule has 1 unspecified atom stereocenters. The van der Waals surface area contributed by atoms with E-state index >= 15 is 0 Å². The van der Waals surface area contributed by atoms with Crippen LogP contribution in [0.25, 0.3) is 11.4 Å². The summed E-state index contributed by atoms with van der Waals surface area (Å²) in [6.45, 7) is 0.599.